The van der Waals surface area contributed by atoms with Gasteiger partial charge in [0.25, 0.3) is 11.8 Å². The number of fused-ring (bicyclic) bond motifs is 1. The Hall–Kier alpha value is -5.17. The highest BCUT2D eigenvalue weighted by Crippen LogP contribution is 2.43. The molecule has 0 spiro atoms. The lowest BCUT2D eigenvalue weighted by Crippen LogP contribution is -2.71. The number of benzene rings is 3. The zero-order valence-corrected chi connectivity index (χ0v) is 30.4. The molecular weight excluding hydrogens is 765 g/mol. The maximum Gasteiger partial charge on any atom is 0.407 e. The Bertz CT molecular complexity index is 2060. The zero-order valence-electron chi connectivity index (χ0n) is 27.2. The van der Waals surface area contributed by atoms with Gasteiger partial charge < -0.3 is 20.6 Å². The Morgan fingerprint density at radius 1 is 1.02 bits per heavy atom. The number of aliphatic carboxylic acids is 1. The van der Waals surface area contributed by atoms with Crippen LogP contribution in [0.4, 0.5) is 13.9 Å². The van der Waals surface area contributed by atoms with E-state index in [0.29, 0.717) is 15.7 Å². The highest BCUT2D eigenvalue weighted by molar-refractivity contribution is 8.01. The highest BCUT2D eigenvalue weighted by Gasteiger charge is 2.54. The standard InChI is InChI=1S/C35H27F2N7O5S4/c36-33(37)49-42-26(29(45)40-27-30(46)44-28(32(47)48)20(18-51-31(27)44)17-50-25-16-38-53-43-25)24-19-52-34(39-24)41-35(21-10-4-1-5-11-21,22-12-6-2-7-13-22)23-14-8-3-9-15-23/h1-16,19,27,31,33H,17-18H2,(H,39,41)(H,40,45)(H,47,48)/b42-26-. The number of rotatable bonds is 14. The summed E-state index contributed by atoms with van der Waals surface area (Å²) in [6.45, 7) is -3.34. The van der Waals surface area contributed by atoms with Crippen LogP contribution >= 0.6 is 46.6 Å². The van der Waals surface area contributed by atoms with Crippen LogP contribution in [0.5, 0.6) is 0 Å². The van der Waals surface area contributed by atoms with Crippen molar-refractivity contribution < 1.29 is 33.1 Å². The molecule has 0 bridgehead atoms. The number of alkyl halides is 2. The van der Waals surface area contributed by atoms with E-state index in [2.05, 4.69) is 34.4 Å². The highest BCUT2D eigenvalue weighted by atomic mass is 32.2. The molecule has 2 aliphatic rings. The summed E-state index contributed by atoms with van der Waals surface area (Å²) in [5.74, 6) is -2.41. The summed E-state index contributed by atoms with van der Waals surface area (Å²) in [6.07, 6.45) is 1.57. The minimum Gasteiger partial charge on any atom is -0.477 e. The number of carboxylic acid groups (broad SMARTS) is 1. The van der Waals surface area contributed by atoms with E-state index >= 15 is 0 Å². The summed E-state index contributed by atoms with van der Waals surface area (Å²) in [5.41, 5.74) is 1.37. The number of hydrogen-bond donors (Lipinski definition) is 3. The molecule has 0 saturated carbocycles. The van der Waals surface area contributed by atoms with Gasteiger partial charge in [-0.3, -0.25) is 14.5 Å². The van der Waals surface area contributed by atoms with Crippen LogP contribution in [0.2, 0.25) is 0 Å². The number of halogens is 2. The van der Waals surface area contributed by atoms with Crippen molar-refractivity contribution in [1.82, 2.24) is 23.9 Å². The van der Waals surface area contributed by atoms with Crippen molar-refractivity contribution in [2.45, 2.75) is 28.6 Å². The predicted molar refractivity (Wildman–Crippen MR) is 199 cm³/mol. The molecule has 1 fully saturated rings. The first-order valence-electron chi connectivity index (χ1n) is 15.8. The first kappa shape index (κ1) is 36.2. The second-order valence-corrected chi connectivity index (χ2v) is 15.0. The van der Waals surface area contributed by atoms with Crippen LogP contribution in [0, 0.1) is 0 Å². The minimum atomic E-state index is -3.34. The maximum atomic E-state index is 13.7. The van der Waals surface area contributed by atoms with Crippen molar-refractivity contribution >= 4 is 75.2 Å². The van der Waals surface area contributed by atoms with Crippen LogP contribution in [0.15, 0.2) is 124 Å². The monoisotopic (exact) mass is 791 g/mol. The smallest absolute Gasteiger partial charge is 0.407 e. The number of nitrogens with zero attached hydrogens (tertiary/aromatic N) is 5. The predicted octanol–water partition coefficient (Wildman–Crippen LogP) is 5.87. The third-order valence-corrected chi connectivity index (χ3v) is 12.0. The minimum absolute atomic E-state index is 0.0828. The first-order valence-corrected chi connectivity index (χ1v) is 19.4. The van der Waals surface area contributed by atoms with E-state index in [1.54, 1.807) is 6.20 Å². The van der Waals surface area contributed by atoms with Crippen molar-refractivity contribution in [3.8, 4) is 0 Å². The Kier molecular flexibility index (Phi) is 10.8. The quantitative estimate of drug-likeness (QED) is 0.0406. The van der Waals surface area contributed by atoms with Gasteiger partial charge in [0.2, 0.25) is 0 Å². The third-order valence-electron chi connectivity index (χ3n) is 8.37. The largest absolute Gasteiger partial charge is 0.477 e. The topological polar surface area (TPSA) is 159 Å². The molecule has 3 aromatic carbocycles. The summed E-state index contributed by atoms with van der Waals surface area (Å²) in [7, 11) is 0. The maximum absolute atomic E-state index is 13.7. The van der Waals surface area contributed by atoms with Gasteiger partial charge in [0, 0.05) is 16.9 Å². The third kappa shape index (κ3) is 7.39. The Labute approximate surface area is 317 Å². The van der Waals surface area contributed by atoms with Gasteiger partial charge in [-0.25, -0.2) is 9.78 Å². The van der Waals surface area contributed by atoms with Crippen LogP contribution in [-0.4, -0.2) is 76.8 Å². The second-order valence-electron chi connectivity index (χ2n) is 11.5. The molecule has 1 saturated heterocycles. The normalized spacial score (nSPS) is 17.3. The van der Waals surface area contributed by atoms with Crippen molar-refractivity contribution in [1.29, 1.82) is 0 Å². The lowest BCUT2D eigenvalue weighted by atomic mass is 9.77. The fourth-order valence-corrected chi connectivity index (χ4v) is 9.68. The van der Waals surface area contributed by atoms with E-state index in [4.69, 9.17) is 0 Å². The SMILES string of the molecule is O=C(O)C1=C(CSc2cnsn2)CSC2C(NC(=O)/C(=N\OC(F)F)c3csc(NC(c4ccccc4)(c4ccccc4)c4ccccc4)n3)C(=O)N12. The summed E-state index contributed by atoms with van der Waals surface area (Å²) in [5, 5.41) is 21.3. The number of aromatic nitrogens is 3. The first-order chi connectivity index (χ1) is 25.8. The summed E-state index contributed by atoms with van der Waals surface area (Å²) in [6, 6.07) is 28.0. The molecule has 7 rings (SSSR count). The molecule has 18 heteroatoms. The summed E-state index contributed by atoms with van der Waals surface area (Å²) < 4.78 is 34.6. The number of nitrogens with one attached hydrogen (secondary N) is 2. The van der Waals surface area contributed by atoms with Crippen LogP contribution in [0.1, 0.15) is 22.4 Å². The lowest BCUT2D eigenvalue weighted by molar-refractivity contribution is -0.150. The number of hydrogen-bond acceptors (Lipinski definition) is 13. The second kappa shape index (κ2) is 15.8. The molecule has 53 heavy (non-hydrogen) atoms. The molecule has 4 heterocycles. The van der Waals surface area contributed by atoms with E-state index in [1.807, 2.05) is 91.0 Å². The van der Waals surface area contributed by atoms with E-state index < -0.39 is 47.1 Å². The van der Waals surface area contributed by atoms with E-state index in [0.717, 1.165) is 44.7 Å². The lowest BCUT2D eigenvalue weighted by Gasteiger charge is -2.49. The van der Waals surface area contributed by atoms with Gasteiger partial charge in [-0.05, 0) is 22.3 Å². The van der Waals surface area contributed by atoms with Gasteiger partial charge >= 0.3 is 12.6 Å². The average molecular weight is 792 g/mol. The molecule has 0 radical (unpaired) electrons. The number of amides is 2. The van der Waals surface area contributed by atoms with Gasteiger partial charge in [-0.1, -0.05) is 108 Å². The summed E-state index contributed by atoms with van der Waals surface area (Å²) in [4.78, 5) is 49.3. The van der Waals surface area contributed by atoms with E-state index in [9.17, 15) is 28.3 Å². The number of oxime groups is 1. The zero-order chi connectivity index (χ0) is 37.0. The molecule has 2 aromatic heterocycles. The van der Waals surface area contributed by atoms with Crippen molar-refractivity contribution in [2.24, 2.45) is 5.16 Å². The Balaban J connectivity index is 1.16. The van der Waals surface area contributed by atoms with Crippen molar-refractivity contribution in [2.75, 3.05) is 16.8 Å². The fourth-order valence-electron chi connectivity index (χ4n) is 6.06. The van der Waals surface area contributed by atoms with Gasteiger partial charge in [0.15, 0.2) is 10.8 Å². The van der Waals surface area contributed by atoms with Gasteiger partial charge in [0.1, 0.15) is 33.4 Å². The molecule has 2 aliphatic heterocycles. The molecular formula is C35H27F2N7O5S4. The molecule has 5 aromatic rings. The number of thioether (sulfide) groups is 2. The number of carboxylic acids is 1. The molecule has 0 aliphatic carbocycles. The number of anilines is 1. The molecule has 2 amide bonds. The van der Waals surface area contributed by atoms with Crippen LogP contribution in [-0.2, 0) is 24.8 Å². The fraction of sp³-hybridized carbons (Fsp3) is 0.171. The number of thiazole rings is 1. The summed E-state index contributed by atoms with van der Waals surface area (Å²) >= 11 is 4.71. The van der Waals surface area contributed by atoms with E-state index in [-0.39, 0.29) is 22.9 Å². The molecule has 3 N–H and O–H groups in total. The van der Waals surface area contributed by atoms with Crippen molar-refractivity contribution in [3.05, 3.63) is 136 Å². The molecule has 2 atom stereocenters. The van der Waals surface area contributed by atoms with Gasteiger partial charge in [0.05, 0.1) is 17.9 Å². The van der Waals surface area contributed by atoms with Gasteiger partial charge in [-0.2, -0.15) is 17.5 Å². The van der Waals surface area contributed by atoms with Crippen molar-refractivity contribution in [3.63, 3.8) is 0 Å². The van der Waals surface area contributed by atoms with E-state index in [1.165, 1.54) is 28.9 Å². The molecule has 12 nitrogen and oxygen atoms in total. The molecule has 270 valence electrons. The molecule has 2 unspecified atom stereocenters. The van der Waals surface area contributed by atoms with Crippen LogP contribution in [0.3, 0.4) is 0 Å². The Morgan fingerprint density at radius 3 is 2.19 bits per heavy atom. The number of β-lactam (4-membered cyclic amide) rings is 1. The van der Waals surface area contributed by atoms with Gasteiger partial charge in [-0.15, -0.1) is 23.1 Å². The van der Waals surface area contributed by atoms with Crippen LogP contribution in [0.25, 0.3) is 0 Å². The number of carbonyl (C=O) groups excluding carboxylic acids is 2. The average Bonchev–Trinajstić information content (AvgIpc) is 3.88. The number of carbonyl (C=O) groups is 3. The van der Waals surface area contributed by atoms with Crippen LogP contribution < -0.4 is 10.6 Å². The Morgan fingerprint density at radius 2 is 1.64 bits per heavy atom.